The Morgan fingerprint density at radius 1 is 1.32 bits per heavy atom. The lowest BCUT2D eigenvalue weighted by atomic mass is 9.96. The number of anilines is 1. The molecule has 0 amide bonds. The summed E-state index contributed by atoms with van der Waals surface area (Å²) in [4.78, 5) is 9.09. The molecule has 0 spiro atoms. The van der Waals surface area contributed by atoms with Crippen LogP contribution >= 0.6 is 11.6 Å². The average Bonchev–Trinajstić information content (AvgIpc) is 2.75. The van der Waals surface area contributed by atoms with E-state index in [0.717, 1.165) is 18.2 Å². The number of hydrogen-bond acceptors (Lipinski definition) is 4. The van der Waals surface area contributed by atoms with Crippen LogP contribution in [0.5, 0.6) is 0 Å². The summed E-state index contributed by atoms with van der Waals surface area (Å²) in [5.74, 6) is 2.28. The molecule has 1 N–H and O–H groups in total. The molecule has 2 rings (SSSR count). The number of aromatic nitrogens is 4. The van der Waals surface area contributed by atoms with Crippen molar-refractivity contribution in [3.63, 3.8) is 0 Å². The van der Waals surface area contributed by atoms with Crippen molar-refractivity contribution < 1.29 is 0 Å². The number of hydrogen-bond donors (Lipinski definition) is 1. The van der Waals surface area contributed by atoms with Crippen molar-refractivity contribution in [2.24, 2.45) is 0 Å². The molecule has 0 aliphatic carbocycles. The van der Waals surface area contributed by atoms with Gasteiger partial charge in [-0.05, 0) is 6.92 Å². The summed E-state index contributed by atoms with van der Waals surface area (Å²) in [5.41, 5.74) is -0.128. The summed E-state index contributed by atoms with van der Waals surface area (Å²) in [7, 11) is 0. The third-order valence-electron chi connectivity index (χ3n) is 2.53. The molecule has 0 atom stereocenters. The van der Waals surface area contributed by atoms with Crippen molar-refractivity contribution in [3.8, 4) is 5.82 Å². The van der Waals surface area contributed by atoms with Crippen LogP contribution in [0.4, 0.5) is 5.82 Å². The summed E-state index contributed by atoms with van der Waals surface area (Å²) in [6.07, 6.45) is 3.32. The molecule has 2 aromatic heterocycles. The zero-order valence-corrected chi connectivity index (χ0v) is 12.4. The molecule has 0 fully saturated rings. The molecule has 0 aromatic carbocycles. The topological polar surface area (TPSA) is 55.6 Å². The fraction of sp³-hybridized carbons (Fsp3) is 0.462. The third kappa shape index (κ3) is 3.23. The van der Waals surface area contributed by atoms with Gasteiger partial charge in [0.15, 0.2) is 5.82 Å². The Hall–Kier alpha value is -1.62. The van der Waals surface area contributed by atoms with E-state index in [0.29, 0.717) is 10.8 Å². The molecule has 5 nitrogen and oxygen atoms in total. The lowest BCUT2D eigenvalue weighted by Gasteiger charge is -2.18. The molecule has 0 saturated heterocycles. The van der Waals surface area contributed by atoms with Crippen LogP contribution in [0, 0.1) is 0 Å². The summed E-state index contributed by atoms with van der Waals surface area (Å²) in [6.45, 7) is 9.08. The van der Waals surface area contributed by atoms with Crippen molar-refractivity contribution in [3.05, 3.63) is 29.3 Å². The van der Waals surface area contributed by atoms with Crippen molar-refractivity contribution >= 4 is 17.4 Å². The maximum Gasteiger partial charge on any atom is 0.159 e. The maximum absolute atomic E-state index is 5.90. The summed E-state index contributed by atoms with van der Waals surface area (Å²) >= 11 is 5.90. The van der Waals surface area contributed by atoms with Crippen LogP contribution in [0.1, 0.15) is 33.5 Å². The highest BCUT2D eigenvalue weighted by atomic mass is 35.5. The number of nitrogens with zero attached hydrogens (tertiary/aromatic N) is 4. The largest absolute Gasteiger partial charge is 0.370 e. The van der Waals surface area contributed by atoms with E-state index < -0.39 is 0 Å². The molecule has 6 heteroatoms. The average molecular weight is 280 g/mol. The van der Waals surface area contributed by atoms with Crippen molar-refractivity contribution in [2.45, 2.75) is 33.1 Å². The van der Waals surface area contributed by atoms with Gasteiger partial charge in [-0.25, -0.2) is 14.6 Å². The van der Waals surface area contributed by atoms with E-state index in [4.69, 9.17) is 11.6 Å². The lowest BCUT2D eigenvalue weighted by Crippen LogP contribution is -2.19. The molecular weight excluding hydrogens is 262 g/mol. The smallest absolute Gasteiger partial charge is 0.159 e. The molecular formula is C13H18ClN5. The van der Waals surface area contributed by atoms with Gasteiger partial charge in [0.25, 0.3) is 0 Å². The second-order valence-electron chi connectivity index (χ2n) is 5.32. The monoisotopic (exact) mass is 279 g/mol. The van der Waals surface area contributed by atoms with E-state index >= 15 is 0 Å². The van der Waals surface area contributed by atoms with E-state index in [1.165, 1.54) is 0 Å². The quantitative estimate of drug-likeness (QED) is 0.938. The molecule has 0 unspecified atom stereocenters. The molecule has 2 heterocycles. The minimum absolute atomic E-state index is 0.128. The van der Waals surface area contributed by atoms with Gasteiger partial charge in [-0.2, -0.15) is 5.10 Å². The first-order valence-electron chi connectivity index (χ1n) is 6.24. The zero-order chi connectivity index (χ0) is 14.0. The highest BCUT2D eigenvalue weighted by molar-refractivity contribution is 6.30. The van der Waals surface area contributed by atoms with Gasteiger partial charge in [-0.3, -0.25) is 0 Å². The Bertz CT molecular complexity index is 571. The number of nitrogens with one attached hydrogen (secondary N) is 1. The molecule has 102 valence electrons. The first kappa shape index (κ1) is 13.8. The van der Waals surface area contributed by atoms with E-state index in [9.17, 15) is 0 Å². The van der Waals surface area contributed by atoms with Crippen molar-refractivity contribution in [2.75, 3.05) is 11.9 Å². The van der Waals surface area contributed by atoms with Crippen molar-refractivity contribution in [1.29, 1.82) is 0 Å². The van der Waals surface area contributed by atoms with Gasteiger partial charge in [0.05, 0.1) is 17.4 Å². The molecule has 0 radical (unpaired) electrons. The van der Waals surface area contributed by atoms with E-state index in [1.54, 1.807) is 17.1 Å². The van der Waals surface area contributed by atoms with Crippen LogP contribution in [0.25, 0.3) is 5.82 Å². The Balaban J connectivity index is 2.51. The highest BCUT2D eigenvalue weighted by Crippen LogP contribution is 2.22. The molecule has 0 aliphatic rings. The van der Waals surface area contributed by atoms with Gasteiger partial charge in [-0.1, -0.05) is 32.4 Å². The minimum atomic E-state index is -0.128. The summed E-state index contributed by atoms with van der Waals surface area (Å²) in [5, 5.41) is 7.97. The van der Waals surface area contributed by atoms with Gasteiger partial charge in [0, 0.05) is 18.0 Å². The van der Waals surface area contributed by atoms with Crippen LogP contribution in [0.15, 0.2) is 18.5 Å². The van der Waals surface area contributed by atoms with Crippen LogP contribution in [-0.2, 0) is 5.41 Å². The van der Waals surface area contributed by atoms with Gasteiger partial charge in [0.2, 0.25) is 0 Å². The summed E-state index contributed by atoms with van der Waals surface area (Å²) < 4.78 is 1.65. The SMILES string of the molecule is CCNc1cc(-n2cc(Cl)cn2)nc(C(C)(C)C)n1. The fourth-order valence-corrected chi connectivity index (χ4v) is 1.72. The van der Waals surface area contributed by atoms with Gasteiger partial charge in [-0.15, -0.1) is 0 Å². The highest BCUT2D eigenvalue weighted by Gasteiger charge is 2.19. The van der Waals surface area contributed by atoms with Crippen LogP contribution in [-0.4, -0.2) is 26.3 Å². The van der Waals surface area contributed by atoms with Gasteiger partial charge in [0.1, 0.15) is 11.6 Å². The normalized spacial score (nSPS) is 11.6. The molecule has 0 saturated carbocycles. The molecule has 2 aromatic rings. The minimum Gasteiger partial charge on any atom is -0.370 e. The van der Waals surface area contributed by atoms with E-state index in [-0.39, 0.29) is 5.41 Å². The van der Waals surface area contributed by atoms with Crippen molar-refractivity contribution in [1.82, 2.24) is 19.7 Å². The first-order valence-corrected chi connectivity index (χ1v) is 6.62. The second-order valence-corrected chi connectivity index (χ2v) is 5.75. The van der Waals surface area contributed by atoms with Crippen LogP contribution in [0.2, 0.25) is 5.02 Å². The third-order valence-corrected chi connectivity index (χ3v) is 2.72. The Kier molecular flexibility index (Phi) is 3.75. The molecule has 0 aliphatic heterocycles. The Morgan fingerprint density at radius 3 is 2.58 bits per heavy atom. The van der Waals surface area contributed by atoms with Gasteiger partial charge >= 0.3 is 0 Å². The van der Waals surface area contributed by atoms with Crippen LogP contribution < -0.4 is 5.32 Å². The zero-order valence-electron chi connectivity index (χ0n) is 11.6. The molecule has 19 heavy (non-hydrogen) atoms. The summed E-state index contributed by atoms with van der Waals surface area (Å²) in [6, 6.07) is 1.86. The predicted molar refractivity (Wildman–Crippen MR) is 77.0 cm³/mol. The predicted octanol–water partition coefficient (Wildman–Crippen LogP) is 3.05. The Morgan fingerprint density at radius 2 is 2.05 bits per heavy atom. The number of rotatable bonds is 3. The van der Waals surface area contributed by atoms with E-state index in [2.05, 4.69) is 41.2 Å². The van der Waals surface area contributed by atoms with Gasteiger partial charge < -0.3 is 5.32 Å². The lowest BCUT2D eigenvalue weighted by molar-refractivity contribution is 0.542. The second kappa shape index (κ2) is 5.17. The number of halogens is 1. The van der Waals surface area contributed by atoms with Crippen LogP contribution in [0.3, 0.4) is 0 Å². The van der Waals surface area contributed by atoms with E-state index in [1.807, 2.05) is 13.0 Å². The first-order chi connectivity index (χ1) is 8.90. The fourth-order valence-electron chi connectivity index (χ4n) is 1.59. The maximum atomic E-state index is 5.90. The molecule has 0 bridgehead atoms. The Labute approximate surface area is 118 Å². The standard InChI is InChI=1S/C13H18ClN5/c1-5-15-10-6-11(19-8-9(14)7-16-19)18-12(17-10)13(2,3)4/h6-8H,5H2,1-4H3,(H,15,17,18).